The van der Waals surface area contributed by atoms with Gasteiger partial charge in [-0.2, -0.15) is 10.4 Å². The van der Waals surface area contributed by atoms with Crippen molar-refractivity contribution < 1.29 is 4.74 Å². The minimum Gasteiger partial charge on any atom is -0.497 e. The van der Waals surface area contributed by atoms with Crippen LogP contribution in [0, 0.1) is 11.3 Å². The molecule has 31 heavy (non-hydrogen) atoms. The highest BCUT2D eigenvalue weighted by molar-refractivity contribution is 5.63. The molecule has 8 nitrogen and oxygen atoms in total. The lowest BCUT2D eigenvalue weighted by atomic mass is 10.1. The van der Waals surface area contributed by atoms with E-state index in [0.717, 1.165) is 62.1 Å². The predicted molar refractivity (Wildman–Crippen MR) is 118 cm³/mol. The summed E-state index contributed by atoms with van der Waals surface area (Å²) in [4.78, 5) is 9.38. The van der Waals surface area contributed by atoms with E-state index < -0.39 is 0 Å². The number of methoxy groups -OCH3 is 1. The molecule has 2 aromatic heterocycles. The van der Waals surface area contributed by atoms with Crippen LogP contribution < -0.4 is 4.74 Å². The van der Waals surface area contributed by atoms with Gasteiger partial charge in [0.2, 0.25) is 0 Å². The second-order valence-electron chi connectivity index (χ2n) is 7.91. The number of nitriles is 1. The van der Waals surface area contributed by atoms with Crippen LogP contribution in [0.2, 0.25) is 0 Å². The van der Waals surface area contributed by atoms with Gasteiger partial charge in [0, 0.05) is 69.5 Å². The highest BCUT2D eigenvalue weighted by Crippen LogP contribution is 2.26. The summed E-state index contributed by atoms with van der Waals surface area (Å²) < 4.78 is 9.27. The van der Waals surface area contributed by atoms with Gasteiger partial charge in [0.15, 0.2) is 0 Å². The summed E-state index contributed by atoms with van der Waals surface area (Å²) in [5.41, 5.74) is 3.25. The molecule has 1 saturated heterocycles. The van der Waals surface area contributed by atoms with Crippen LogP contribution in [0.15, 0.2) is 42.9 Å². The van der Waals surface area contributed by atoms with Crippen molar-refractivity contribution in [1.29, 1.82) is 5.26 Å². The fourth-order valence-electron chi connectivity index (χ4n) is 3.94. The zero-order valence-corrected chi connectivity index (χ0v) is 18.2. The monoisotopic (exact) mass is 419 g/mol. The lowest BCUT2D eigenvalue weighted by Crippen LogP contribution is -2.45. The molecule has 0 bridgehead atoms. The summed E-state index contributed by atoms with van der Waals surface area (Å²) in [5, 5.41) is 13.7. The molecule has 0 unspecified atom stereocenters. The van der Waals surface area contributed by atoms with Gasteiger partial charge in [-0.15, -0.1) is 0 Å². The third kappa shape index (κ3) is 5.13. The number of ether oxygens (including phenoxy) is 1. The molecule has 0 radical (unpaired) electrons. The van der Waals surface area contributed by atoms with Crippen molar-refractivity contribution >= 4 is 0 Å². The van der Waals surface area contributed by atoms with E-state index in [1.165, 1.54) is 5.56 Å². The Labute approximate surface area is 183 Å². The minimum absolute atomic E-state index is 0.453. The predicted octanol–water partition coefficient (Wildman–Crippen LogP) is 2.52. The Balaban J connectivity index is 1.44. The van der Waals surface area contributed by atoms with Crippen LogP contribution >= 0.6 is 0 Å². The molecule has 0 atom stereocenters. The number of aryl methyl sites for hydroxylation is 2. The Morgan fingerprint density at radius 1 is 1.06 bits per heavy atom. The van der Waals surface area contributed by atoms with Crippen molar-refractivity contribution in [2.45, 2.75) is 26.1 Å². The van der Waals surface area contributed by atoms with Gasteiger partial charge in [0.25, 0.3) is 0 Å². The Hall–Kier alpha value is -3.15. The zero-order valence-electron chi connectivity index (χ0n) is 18.2. The van der Waals surface area contributed by atoms with E-state index in [4.69, 9.17) is 15.1 Å². The maximum atomic E-state index is 8.95. The van der Waals surface area contributed by atoms with Crippen molar-refractivity contribution in [2.75, 3.05) is 33.3 Å². The van der Waals surface area contributed by atoms with Crippen LogP contribution in [-0.2, 0) is 26.7 Å². The Kier molecular flexibility index (Phi) is 6.65. The molecule has 3 aromatic rings. The molecule has 0 saturated carbocycles. The molecular formula is C23H29N7O. The number of hydrogen-bond acceptors (Lipinski definition) is 6. The average Bonchev–Trinajstić information content (AvgIpc) is 3.39. The first kappa shape index (κ1) is 21.1. The molecule has 1 aromatic carbocycles. The van der Waals surface area contributed by atoms with Crippen LogP contribution in [-0.4, -0.2) is 62.4 Å². The Morgan fingerprint density at radius 2 is 1.77 bits per heavy atom. The maximum Gasteiger partial charge on any atom is 0.122 e. The van der Waals surface area contributed by atoms with Crippen molar-refractivity contribution in [3.05, 3.63) is 54.2 Å². The standard InChI is InChI=1S/C23H29N7O/c1-27-11-9-25-22(27)18-29-14-12-28(13-15-29)16-20-17-30(10-3-8-24)26-23(20)19-4-6-21(31-2)7-5-19/h4-7,9,11,17H,3,10,12-16,18H2,1-2H3. The smallest absolute Gasteiger partial charge is 0.122 e. The van der Waals surface area contributed by atoms with Gasteiger partial charge >= 0.3 is 0 Å². The number of nitrogens with zero attached hydrogens (tertiary/aromatic N) is 7. The lowest BCUT2D eigenvalue weighted by molar-refractivity contribution is 0.119. The van der Waals surface area contributed by atoms with Gasteiger partial charge in [-0.1, -0.05) is 0 Å². The third-order valence-electron chi connectivity index (χ3n) is 5.80. The van der Waals surface area contributed by atoms with E-state index in [-0.39, 0.29) is 0 Å². The third-order valence-corrected chi connectivity index (χ3v) is 5.80. The quantitative estimate of drug-likeness (QED) is 0.559. The van der Waals surface area contributed by atoms with E-state index in [1.807, 2.05) is 48.4 Å². The Bertz CT molecular complexity index is 1020. The number of rotatable bonds is 8. The van der Waals surface area contributed by atoms with Crippen molar-refractivity contribution in [2.24, 2.45) is 7.05 Å². The highest BCUT2D eigenvalue weighted by Gasteiger charge is 2.21. The summed E-state index contributed by atoms with van der Waals surface area (Å²) in [6.07, 6.45) is 6.40. The molecule has 1 aliphatic rings. The molecule has 0 N–H and O–H groups in total. The first-order valence-electron chi connectivity index (χ1n) is 10.6. The van der Waals surface area contributed by atoms with E-state index in [1.54, 1.807) is 7.11 Å². The largest absolute Gasteiger partial charge is 0.497 e. The fraction of sp³-hybridized carbons (Fsp3) is 0.435. The van der Waals surface area contributed by atoms with Crippen molar-refractivity contribution in [1.82, 2.24) is 29.1 Å². The fourth-order valence-corrected chi connectivity index (χ4v) is 3.94. The molecular weight excluding hydrogens is 390 g/mol. The van der Waals surface area contributed by atoms with Gasteiger partial charge in [-0.05, 0) is 24.3 Å². The van der Waals surface area contributed by atoms with Crippen LogP contribution in [0.4, 0.5) is 0 Å². The van der Waals surface area contributed by atoms with Crippen LogP contribution in [0.1, 0.15) is 17.8 Å². The van der Waals surface area contributed by atoms with Crippen LogP contribution in [0.25, 0.3) is 11.3 Å². The molecule has 0 spiro atoms. The van der Waals surface area contributed by atoms with Gasteiger partial charge in [-0.25, -0.2) is 4.98 Å². The van der Waals surface area contributed by atoms with Gasteiger partial charge in [0.05, 0.1) is 38.4 Å². The first-order chi connectivity index (χ1) is 15.2. The minimum atomic E-state index is 0.453. The number of benzene rings is 1. The number of piperazine rings is 1. The van der Waals surface area contributed by atoms with E-state index >= 15 is 0 Å². The summed E-state index contributed by atoms with van der Waals surface area (Å²) in [7, 11) is 3.72. The van der Waals surface area contributed by atoms with E-state index in [2.05, 4.69) is 31.6 Å². The molecule has 162 valence electrons. The van der Waals surface area contributed by atoms with E-state index in [0.29, 0.717) is 13.0 Å². The maximum absolute atomic E-state index is 8.95. The number of imidazole rings is 1. The topological polar surface area (TPSA) is 75.1 Å². The molecule has 1 fully saturated rings. The van der Waals surface area contributed by atoms with E-state index in [9.17, 15) is 0 Å². The van der Waals surface area contributed by atoms with Crippen molar-refractivity contribution in [3.63, 3.8) is 0 Å². The molecule has 1 aliphatic heterocycles. The molecule has 3 heterocycles. The molecule has 8 heteroatoms. The summed E-state index contributed by atoms with van der Waals surface area (Å²) >= 11 is 0. The first-order valence-corrected chi connectivity index (χ1v) is 10.6. The highest BCUT2D eigenvalue weighted by atomic mass is 16.5. The molecule has 4 rings (SSSR count). The number of hydrogen-bond donors (Lipinski definition) is 0. The zero-order chi connectivity index (χ0) is 21.6. The molecule has 0 aliphatic carbocycles. The normalized spacial score (nSPS) is 15.1. The number of aromatic nitrogens is 4. The summed E-state index contributed by atoms with van der Waals surface area (Å²) in [5.74, 6) is 1.94. The second-order valence-corrected chi connectivity index (χ2v) is 7.91. The van der Waals surface area contributed by atoms with Gasteiger partial charge < -0.3 is 9.30 Å². The van der Waals surface area contributed by atoms with Crippen molar-refractivity contribution in [3.8, 4) is 23.1 Å². The Morgan fingerprint density at radius 3 is 2.39 bits per heavy atom. The van der Waals surface area contributed by atoms with Crippen LogP contribution in [0.5, 0.6) is 5.75 Å². The van der Waals surface area contributed by atoms with Crippen LogP contribution in [0.3, 0.4) is 0 Å². The van der Waals surface area contributed by atoms with Gasteiger partial charge in [0.1, 0.15) is 11.6 Å². The lowest BCUT2D eigenvalue weighted by Gasteiger charge is -2.34. The summed E-state index contributed by atoms with van der Waals surface area (Å²) in [6.45, 7) is 6.41. The average molecular weight is 420 g/mol. The SMILES string of the molecule is COc1ccc(-c2nn(CCC#N)cc2CN2CCN(Cc3nccn3C)CC2)cc1. The van der Waals surface area contributed by atoms with Gasteiger partial charge in [-0.3, -0.25) is 14.5 Å². The molecule has 0 amide bonds. The second kappa shape index (κ2) is 9.77. The summed E-state index contributed by atoms with van der Waals surface area (Å²) in [6, 6.07) is 10.2.